The predicted octanol–water partition coefficient (Wildman–Crippen LogP) is 2.22. The summed E-state index contributed by atoms with van der Waals surface area (Å²) >= 11 is 3.26. The first-order valence-electron chi connectivity index (χ1n) is 7.19. The molecule has 0 bridgehead atoms. The van der Waals surface area contributed by atoms with Gasteiger partial charge in [0.1, 0.15) is 6.10 Å². The van der Waals surface area contributed by atoms with Crippen molar-refractivity contribution in [1.82, 2.24) is 14.3 Å². The molecule has 122 valence electrons. The van der Waals surface area contributed by atoms with Crippen molar-refractivity contribution in [2.75, 3.05) is 13.1 Å². The highest BCUT2D eigenvalue weighted by atomic mass is 79.9. The Bertz CT molecular complexity index is 753. The van der Waals surface area contributed by atoms with Crippen molar-refractivity contribution in [3.05, 3.63) is 52.8 Å². The van der Waals surface area contributed by atoms with Gasteiger partial charge in [-0.25, -0.2) is 18.4 Å². The van der Waals surface area contributed by atoms with Crippen molar-refractivity contribution in [2.45, 2.75) is 18.3 Å². The molecule has 6 nitrogen and oxygen atoms in total. The summed E-state index contributed by atoms with van der Waals surface area (Å²) in [6.07, 6.45) is 3.61. The third kappa shape index (κ3) is 4.27. The minimum absolute atomic E-state index is 0.00927. The van der Waals surface area contributed by atoms with E-state index in [4.69, 9.17) is 4.74 Å². The SMILES string of the molecule is O=S(=O)(Cc1ccccc1)N1CC[C@H](Oc2ncc(Br)cn2)C1. The van der Waals surface area contributed by atoms with Crippen LogP contribution >= 0.6 is 15.9 Å². The first-order chi connectivity index (χ1) is 11.0. The molecule has 0 amide bonds. The van der Waals surface area contributed by atoms with Gasteiger partial charge < -0.3 is 4.74 Å². The Labute approximate surface area is 143 Å². The highest BCUT2D eigenvalue weighted by Crippen LogP contribution is 2.20. The number of hydrogen-bond donors (Lipinski definition) is 0. The van der Waals surface area contributed by atoms with E-state index in [-0.39, 0.29) is 17.9 Å². The molecule has 3 rings (SSSR count). The van der Waals surface area contributed by atoms with E-state index < -0.39 is 10.0 Å². The van der Waals surface area contributed by atoms with E-state index in [0.29, 0.717) is 19.5 Å². The number of aromatic nitrogens is 2. The van der Waals surface area contributed by atoms with E-state index in [2.05, 4.69) is 25.9 Å². The molecule has 0 unspecified atom stereocenters. The van der Waals surface area contributed by atoms with E-state index in [1.165, 1.54) is 4.31 Å². The normalized spacial score (nSPS) is 18.9. The van der Waals surface area contributed by atoms with Crippen LogP contribution in [0.3, 0.4) is 0 Å². The third-order valence-corrected chi connectivity index (χ3v) is 5.79. The van der Waals surface area contributed by atoms with Gasteiger partial charge in [0.25, 0.3) is 0 Å². The van der Waals surface area contributed by atoms with Crippen LogP contribution in [0.2, 0.25) is 0 Å². The average molecular weight is 398 g/mol. The Morgan fingerprint density at radius 1 is 1.22 bits per heavy atom. The highest BCUT2D eigenvalue weighted by Gasteiger charge is 2.32. The summed E-state index contributed by atoms with van der Waals surface area (Å²) in [5.74, 6) is 0.00927. The van der Waals surface area contributed by atoms with Crippen LogP contribution in [0.5, 0.6) is 6.01 Å². The van der Waals surface area contributed by atoms with Gasteiger partial charge >= 0.3 is 6.01 Å². The maximum atomic E-state index is 12.5. The minimum Gasteiger partial charge on any atom is -0.459 e. The van der Waals surface area contributed by atoms with Crippen molar-refractivity contribution in [2.24, 2.45) is 0 Å². The molecule has 2 aromatic rings. The fourth-order valence-electron chi connectivity index (χ4n) is 2.43. The average Bonchev–Trinajstić information content (AvgIpc) is 3.00. The minimum atomic E-state index is -3.34. The van der Waals surface area contributed by atoms with Gasteiger partial charge in [0, 0.05) is 18.9 Å². The predicted molar refractivity (Wildman–Crippen MR) is 89.4 cm³/mol. The molecule has 23 heavy (non-hydrogen) atoms. The molecule has 1 aliphatic heterocycles. The largest absolute Gasteiger partial charge is 0.459 e. The molecule has 2 heterocycles. The van der Waals surface area contributed by atoms with Crippen LogP contribution in [-0.2, 0) is 15.8 Å². The van der Waals surface area contributed by atoms with Gasteiger partial charge in [0.05, 0.1) is 16.8 Å². The van der Waals surface area contributed by atoms with Crippen LogP contribution in [0.15, 0.2) is 47.2 Å². The molecule has 1 aromatic heterocycles. The van der Waals surface area contributed by atoms with Crippen molar-refractivity contribution >= 4 is 26.0 Å². The molecule has 1 saturated heterocycles. The summed E-state index contributed by atoms with van der Waals surface area (Å²) in [5.41, 5.74) is 0.785. The second kappa shape index (κ2) is 6.94. The summed E-state index contributed by atoms with van der Waals surface area (Å²) in [6.45, 7) is 0.783. The second-order valence-electron chi connectivity index (χ2n) is 5.31. The molecule has 8 heteroatoms. The smallest absolute Gasteiger partial charge is 0.316 e. The monoisotopic (exact) mass is 397 g/mol. The number of hydrogen-bond acceptors (Lipinski definition) is 5. The fourth-order valence-corrected chi connectivity index (χ4v) is 4.21. The molecule has 1 aromatic carbocycles. The number of benzene rings is 1. The lowest BCUT2D eigenvalue weighted by Crippen LogP contribution is -2.32. The Hall–Kier alpha value is -1.51. The van der Waals surface area contributed by atoms with Crippen molar-refractivity contribution < 1.29 is 13.2 Å². The molecule has 0 saturated carbocycles. The van der Waals surface area contributed by atoms with Gasteiger partial charge in [-0.2, -0.15) is 4.31 Å². The van der Waals surface area contributed by atoms with E-state index in [0.717, 1.165) is 10.0 Å². The fraction of sp³-hybridized carbons (Fsp3) is 0.333. The van der Waals surface area contributed by atoms with Crippen LogP contribution in [-0.4, -0.2) is 41.9 Å². The molecule has 0 radical (unpaired) electrons. The van der Waals surface area contributed by atoms with Gasteiger partial charge in [-0.15, -0.1) is 0 Å². The number of ether oxygens (including phenoxy) is 1. The first kappa shape index (κ1) is 16.4. The molecule has 1 fully saturated rings. The van der Waals surface area contributed by atoms with Crippen molar-refractivity contribution in [3.63, 3.8) is 0 Å². The summed E-state index contributed by atoms with van der Waals surface area (Å²) in [6, 6.07) is 9.44. The first-order valence-corrected chi connectivity index (χ1v) is 9.59. The highest BCUT2D eigenvalue weighted by molar-refractivity contribution is 9.10. The Morgan fingerprint density at radius 3 is 2.61 bits per heavy atom. The number of halogens is 1. The van der Waals surface area contributed by atoms with Crippen molar-refractivity contribution in [3.8, 4) is 6.01 Å². The molecule has 0 aliphatic carbocycles. The quantitative estimate of drug-likeness (QED) is 0.773. The van der Waals surface area contributed by atoms with E-state index in [1.807, 2.05) is 30.3 Å². The summed E-state index contributed by atoms with van der Waals surface area (Å²) in [7, 11) is -3.34. The Balaban J connectivity index is 1.61. The van der Waals surface area contributed by atoms with Gasteiger partial charge in [-0.05, 0) is 27.9 Å². The number of sulfonamides is 1. The van der Waals surface area contributed by atoms with Crippen LogP contribution in [0.1, 0.15) is 12.0 Å². The second-order valence-corrected chi connectivity index (χ2v) is 8.20. The number of rotatable bonds is 5. The number of nitrogens with zero attached hydrogens (tertiary/aromatic N) is 3. The van der Waals surface area contributed by atoms with E-state index in [9.17, 15) is 8.42 Å². The molecule has 0 N–H and O–H groups in total. The topological polar surface area (TPSA) is 72.4 Å². The zero-order chi connectivity index (χ0) is 16.3. The zero-order valence-electron chi connectivity index (χ0n) is 12.3. The summed E-state index contributed by atoms with van der Waals surface area (Å²) in [4.78, 5) is 8.10. The van der Waals surface area contributed by atoms with Crippen LogP contribution in [0.25, 0.3) is 0 Å². The lowest BCUT2D eigenvalue weighted by atomic mass is 10.2. The van der Waals surface area contributed by atoms with E-state index >= 15 is 0 Å². The van der Waals surface area contributed by atoms with Crippen molar-refractivity contribution in [1.29, 1.82) is 0 Å². The molecule has 1 atom stereocenters. The van der Waals surface area contributed by atoms with Gasteiger partial charge in [-0.1, -0.05) is 30.3 Å². The zero-order valence-corrected chi connectivity index (χ0v) is 14.7. The molecular weight excluding hydrogens is 382 g/mol. The lowest BCUT2D eigenvalue weighted by Gasteiger charge is -2.16. The van der Waals surface area contributed by atoms with Gasteiger partial charge in [0.2, 0.25) is 10.0 Å². The van der Waals surface area contributed by atoms with Gasteiger partial charge in [-0.3, -0.25) is 0 Å². The van der Waals surface area contributed by atoms with Crippen LogP contribution < -0.4 is 4.74 Å². The Kier molecular flexibility index (Phi) is 4.93. The standard InChI is InChI=1S/C15H16BrN3O3S/c16-13-8-17-15(18-9-13)22-14-6-7-19(10-14)23(20,21)11-12-4-2-1-3-5-12/h1-5,8-9,14H,6-7,10-11H2/t14-/m0/s1. The maximum Gasteiger partial charge on any atom is 0.316 e. The van der Waals surface area contributed by atoms with Crippen LogP contribution in [0.4, 0.5) is 0 Å². The van der Waals surface area contributed by atoms with Crippen LogP contribution in [0, 0.1) is 0 Å². The summed E-state index contributed by atoms with van der Waals surface area (Å²) in [5, 5.41) is 0. The summed E-state index contributed by atoms with van der Waals surface area (Å²) < 4.78 is 32.9. The molecule has 0 spiro atoms. The lowest BCUT2D eigenvalue weighted by molar-refractivity contribution is 0.197. The maximum absolute atomic E-state index is 12.5. The Morgan fingerprint density at radius 2 is 1.91 bits per heavy atom. The van der Waals surface area contributed by atoms with E-state index in [1.54, 1.807) is 12.4 Å². The molecule has 1 aliphatic rings. The van der Waals surface area contributed by atoms with Gasteiger partial charge in [0.15, 0.2) is 0 Å². The molecular formula is C15H16BrN3O3S. The third-order valence-electron chi connectivity index (χ3n) is 3.56.